The van der Waals surface area contributed by atoms with E-state index in [9.17, 15) is 15.0 Å². The molecule has 2 N–H and O–H groups in total. The topological polar surface area (TPSA) is 82.8 Å². The number of aromatic hydroxyl groups is 1. The molecular formula is C15H14N3O3+. The van der Waals surface area contributed by atoms with E-state index in [1.165, 1.54) is 6.07 Å². The maximum absolute atomic E-state index is 11.5. The predicted molar refractivity (Wildman–Crippen MR) is 80.1 cm³/mol. The molecule has 0 spiro atoms. The van der Waals surface area contributed by atoms with Crippen LogP contribution in [-0.4, -0.2) is 33.4 Å². The fourth-order valence-electron chi connectivity index (χ4n) is 2.74. The van der Waals surface area contributed by atoms with Crippen LogP contribution in [0.4, 0.5) is 5.69 Å². The van der Waals surface area contributed by atoms with Crippen molar-refractivity contribution in [3.63, 3.8) is 0 Å². The van der Waals surface area contributed by atoms with Gasteiger partial charge in [0.1, 0.15) is 24.1 Å². The number of fused-ring (bicyclic) bond motifs is 3. The number of aromatic nitrogens is 1. The van der Waals surface area contributed by atoms with E-state index in [0.29, 0.717) is 17.7 Å². The molecule has 0 bridgehead atoms. The normalized spacial score (nSPS) is 20.1. The molecule has 0 radical (unpaired) electrons. The molecule has 1 aromatic carbocycles. The van der Waals surface area contributed by atoms with Gasteiger partial charge < -0.3 is 10.2 Å². The Labute approximate surface area is 120 Å². The van der Waals surface area contributed by atoms with Gasteiger partial charge in [0.15, 0.2) is 5.69 Å². The Hall–Kier alpha value is -2.73. The Morgan fingerprint density at radius 1 is 1.52 bits per heavy atom. The smallest absolute Gasteiger partial charge is 0.361 e. The molecular weight excluding hydrogens is 270 g/mol. The van der Waals surface area contributed by atoms with Crippen LogP contribution >= 0.6 is 0 Å². The monoisotopic (exact) mass is 284 g/mol. The van der Waals surface area contributed by atoms with Crippen LogP contribution in [0, 0.1) is 0 Å². The summed E-state index contributed by atoms with van der Waals surface area (Å²) < 4.78 is -0.0758. The number of carboxylic acids is 1. The lowest BCUT2D eigenvalue weighted by molar-refractivity contribution is -0.129. The van der Waals surface area contributed by atoms with Crippen molar-refractivity contribution in [1.29, 1.82) is 0 Å². The van der Waals surface area contributed by atoms with E-state index < -0.39 is 5.97 Å². The molecule has 6 heteroatoms. The lowest BCUT2D eigenvalue weighted by atomic mass is 10.0. The third-order valence-electron chi connectivity index (χ3n) is 3.75. The molecule has 21 heavy (non-hydrogen) atoms. The van der Waals surface area contributed by atoms with Crippen molar-refractivity contribution in [2.24, 2.45) is 5.10 Å². The van der Waals surface area contributed by atoms with E-state index in [-0.39, 0.29) is 21.6 Å². The van der Waals surface area contributed by atoms with Gasteiger partial charge in [-0.1, -0.05) is 5.10 Å². The minimum Gasteiger partial charge on any atom is -0.507 e. The van der Waals surface area contributed by atoms with Crippen molar-refractivity contribution in [3.8, 4) is 5.75 Å². The molecule has 1 aromatic heterocycles. The van der Waals surface area contributed by atoms with E-state index in [0.717, 1.165) is 5.39 Å². The number of aliphatic carboxylic acids is 1. The zero-order valence-electron chi connectivity index (χ0n) is 11.4. The zero-order valence-corrected chi connectivity index (χ0v) is 11.4. The summed E-state index contributed by atoms with van der Waals surface area (Å²) in [5.74, 6) is -1.31. The highest BCUT2D eigenvalue weighted by Gasteiger charge is 2.44. The van der Waals surface area contributed by atoms with Crippen LogP contribution in [0.3, 0.4) is 0 Å². The Kier molecular flexibility index (Phi) is 2.77. The van der Waals surface area contributed by atoms with Gasteiger partial charge in [0.2, 0.25) is 5.71 Å². The van der Waals surface area contributed by atoms with Gasteiger partial charge in [-0.05, 0) is 25.6 Å². The summed E-state index contributed by atoms with van der Waals surface area (Å²) in [5.41, 5.74) is 1.28. The maximum atomic E-state index is 11.5. The van der Waals surface area contributed by atoms with Crippen molar-refractivity contribution >= 4 is 28.3 Å². The molecule has 1 aliphatic heterocycles. The molecule has 0 amide bonds. The lowest BCUT2D eigenvalue weighted by Gasteiger charge is -2.23. The van der Waals surface area contributed by atoms with Crippen molar-refractivity contribution < 1.29 is 15.0 Å². The van der Waals surface area contributed by atoms with E-state index in [2.05, 4.69) is 16.7 Å². The van der Waals surface area contributed by atoms with Crippen molar-refractivity contribution in [2.45, 2.75) is 6.92 Å². The van der Waals surface area contributed by atoms with E-state index in [4.69, 9.17) is 0 Å². The summed E-state index contributed by atoms with van der Waals surface area (Å²) in [6.45, 7) is 6.15. The van der Waals surface area contributed by atoms with Gasteiger partial charge in [-0.25, -0.2) is 4.79 Å². The quantitative estimate of drug-likeness (QED) is 0.846. The minimum atomic E-state index is -1.18. The highest BCUT2D eigenvalue weighted by molar-refractivity contribution is 6.46. The van der Waals surface area contributed by atoms with Crippen LogP contribution in [0.1, 0.15) is 12.5 Å². The molecule has 1 aliphatic rings. The molecule has 1 unspecified atom stereocenters. The van der Waals surface area contributed by atoms with Crippen LogP contribution in [0.2, 0.25) is 0 Å². The number of benzene rings is 1. The molecule has 1 atom stereocenters. The molecule has 2 heterocycles. The van der Waals surface area contributed by atoms with Crippen LogP contribution in [0.5, 0.6) is 5.75 Å². The number of quaternary nitrogens is 1. The second kappa shape index (κ2) is 4.39. The van der Waals surface area contributed by atoms with Crippen molar-refractivity contribution in [1.82, 2.24) is 9.58 Å². The summed E-state index contributed by atoms with van der Waals surface area (Å²) in [5, 5.41) is 24.7. The molecule has 2 aromatic rings. The standard InChI is InChI=1S/C15H13N3O3/c1-3-18(4-2)14-9-6-5-7-16-10(9)8-11(19)12(14)13(17-18)15(20)21/h3,5-8H,1,4H2,2H3,(H-,16,17,19,20,21)/p+1. The van der Waals surface area contributed by atoms with Gasteiger partial charge in [0.05, 0.1) is 10.9 Å². The molecule has 3 rings (SSSR count). The number of nitrogens with zero attached hydrogens (tertiary/aromatic N) is 3. The summed E-state index contributed by atoms with van der Waals surface area (Å²) in [6.07, 6.45) is 3.19. The molecule has 0 fully saturated rings. The van der Waals surface area contributed by atoms with Crippen LogP contribution in [-0.2, 0) is 4.79 Å². The average molecular weight is 284 g/mol. The lowest BCUT2D eigenvalue weighted by Crippen LogP contribution is -2.35. The highest BCUT2D eigenvalue weighted by atomic mass is 16.4. The third kappa shape index (κ3) is 1.66. The Bertz CT molecular complexity index is 813. The largest absolute Gasteiger partial charge is 0.507 e. The highest BCUT2D eigenvalue weighted by Crippen LogP contribution is 2.45. The van der Waals surface area contributed by atoms with E-state index in [1.807, 2.05) is 13.0 Å². The average Bonchev–Trinajstić information content (AvgIpc) is 2.84. The SMILES string of the molecule is C=C[N+]1(CC)N=C(C(=O)O)c2c(O)cc3ncccc3c21. The van der Waals surface area contributed by atoms with Gasteiger partial charge in [0.25, 0.3) is 0 Å². The fourth-order valence-corrected chi connectivity index (χ4v) is 2.74. The fraction of sp³-hybridized carbons (Fsp3) is 0.133. The molecule has 6 nitrogen and oxygen atoms in total. The van der Waals surface area contributed by atoms with Crippen LogP contribution in [0.15, 0.2) is 42.3 Å². The number of carbonyl (C=O) groups is 1. The van der Waals surface area contributed by atoms with Crippen LogP contribution < -0.4 is 4.59 Å². The number of phenolic OH excluding ortho intramolecular Hbond substituents is 1. The molecule has 0 saturated carbocycles. The van der Waals surface area contributed by atoms with Gasteiger partial charge >= 0.3 is 5.97 Å². The summed E-state index contributed by atoms with van der Waals surface area (Å²) >= 11 is 0. The summed E-state index contributed by atoms with van der Waals surface area (Å²) in [4.78, 5) is 15.7. The molecule has 0 saturated heterocycles. The van der Waals surface area contributed by atoms with Gasteiger partial charge in [-0.3, -0.25) is 4.98 Å². The van der Waals surface area contributed by atoms with Gasteiger partial charge in [-0.2, -0.15) is 0 Å². The van der Waals surface area contributed by atoms with Crippen LogP contribution in [0.25, 0.3) is 10.9 Å². The molecule has 0 aliphatic carbocycles. The molecule has 106 valence electrons. The Balaban J connectivity index is 2.51. The maximum Gasteiger partial charge on any atom is 0.361 e. The second-order valence-corrected chi connectivity index (χ2v) is 4.77. The second-order valence-electron chi connectivity index (χ2n) is 4.77. The zero-order chi connectivity index (χ0) is 15.2. The van der Waals surface area contributed by atoms with Gasteiger partial charge in [0, 0.05) is 12.3 Å². The predicted octanol–water partition coefficient (Wildman–Crippen LogP) is 2.21. The van der Waals surface area contributed by atoms with Crippen molar-refractivity contribution in [3.05, 3.63) is 42.7 Å². The van der Waals surface area contributed by atoms with Gasteiger partial charge in [-0.15, -0.1) is 4.59 Å². The first kappa shape index (κ1) is 13.3. The first-order valence-corrected chi connectivity index (χ1v) is 6.50. The number of hydrogen-bond acceptors (Lipinski definition) is 4. The van der Waals surface area contributed by atoms with E-state index >= 15 is 0 Å². The van der Waals surface area contributed by atoms with E-state index in [1.54, 1.807) is 18.5 Å². The number of phenols is 1. The Morgan fingerprint density at radius 3 is 2.90 bits per heavy atom. The minimum absolute atomic E-state index is 0.0758. The number of hydrogen-bond donors (Lipinski definition) is 2. The Morgan fingerprint density at radius 2 is 2.29 bits per heavy atom. The summed E-state index contributed by atoms with van der Waals surface area (Å²) in [7, 11) is 0. The first-order chi connectivity index (χ1) is 10.0. The number of pyridine rings is 1. The van der Waals surface area contributed by atoms with Crippen molar-refractivity contribution in [2.75, 3.05) is 6.54 Å². The number of carboxylic acid groups (broad SMARTS) is 1. The number of rotatable bonds is 3. The third-order valence-corrected chi connectivity index (χ3v) is 3.75. The summed E-state index contributed by atoms with van der Waals surface area (Å²) in [6, 6.07) is 5.07. The first-order valence-electron chi connectivity index (χ1n) is 6.50.